The second-order valence-electron chi connectivity index (χ2n) is 2.78. The molecule has 0 amide bonds. The van der Waals surface area contributed by atoms with Gasteiger partial charge in [-0.1, -0.05) is 0 Å². The lowest BCUT2D eigenvalue weighted by atomic mass is 10.7. The number of halogens is 1. The maximum atomic E-state index is 11.3. The van der Waals surface area contributed by atoms with E-state index in [9.17, 15) is 4.79 Å². The van der Waals surface area contributed by atoms with Gasteiger partial charge in [0.05, 0.1) is 0 Å². The number of aryl methyl sites for hydroxylation is 1. The summed E-state index contributed by atoms with van der Waals surface area (Å²) >= 11 is 2.09. The van der Waals surface area contributed by atoms with Crippen LogP contribution in [0.2, 0.25) is 0 Å². The Morgan fingerprint density at radius 2 is 2.27 bits per heavy atom. The van der Waals surface area contributed by atoms with Crippen LogP contribution in [0.15, 0.2) is 4.79 Å². The van der Waals surface area contributed by atoms with Gasteiger partial charge in [-0.25, -0.2) is 9.48 Å². The number of rotatable bonds is 1. The van der Waals surface area contributed by atoms with Gasteiger partial charge < -0.3 is 0 Å². The van der Waals surface area contributed by atoms with E-state index in [-0.39, 0.29) is 5.69 Å². The van der Waals surface area contributed by atoms with Crippen LogP contribution in [0, 0.1) is 3.83 Å². The molecule has 0 unspecified atom stereocenters. The lowest BCUT2D eigenvalue weighted by Crippen LogP contribution is -2.22. The molecular formula is C6H8IN3O. The van der Waals surface area contributed by atoms with Crippen molar-refractivity contribution in [1.82, 2.24) is 14.3 Å². The molecule has 1 aliphatic carbocycles. The number of nitrogens with zero attached hydrogens (tertiary/aromatic N) is 3. The normalized spacial score (nSPS) is 17.3. The van der Waals surface area contributed by atoms with Gasteiger partial charge in [-0.05, 0) is 12.8 Å². The van der Waals surface area contributed by atoms with Gasteiger partial charge in [0.1, 0.15) is 0 Å². The summed E-state index contributed by atoms with van der Waals surface area (Å²) in [4.78, 5) is 11.3. The maximum Gasteiger partial charge on any atom is 0.346 e. The molecule has 0 N–H and O–H groups in total. The fourth-order valence-corrected chi connectivity index (χ4v) is 2.01. The van der Waals surface area contributed by atoms with Crippen LogP contribution in [0.1, 0.15) is 18.9 Å². The Kier molecular flexibility index (Phi) is 1.55. The molecule has 1 fully saturated rings. The molecule has 0 spiro atoms. The van der Waals surface area contributed by atoms with E-state index in [1.165, 1.54) is 4.68 Å². The zero-order valence-corrected chi connectivity index (χ0v) is 8.28. The SMILES string of the molecule is Cn1nc(I)n(C2CC2)c1=O. The van der Waals surface area contributed by atoms with Crippen LogP contribution in [0.5, 0.6) is 0 Å². The minimum absolute atomic E-state index is 0.0110. The molecule has 0 saturated heterocycles. The van der Waals surface area contributed by atoms with Crippen molar-refractivity contribution in [2.75, 3.05) is 0 Å². The predicted molar refractivity (Wildman–Crippen MR) is 48.5 cm³/mol. The van der Waals surface area contributed by atoms with Crippen molar-refractivity contribution in [3.63, 3.8) is 0 Å². The minimum atomic E-state index is 0.0110. The predicted octanol–water partition coefficient (Wildman–Crippen LogP) is 0.521. The Morgan fingerprint density at radius 3 is 2.64 bits per heavy atom. The fraction of sp³-hybridized carbons (Fsp3) is 0.667. The molecule has 4 nitrogen and oxygen atoms in total. The molecule has 0 aliphatic heterocycles. The van der Waals surface area contributed by atoms with Crippen LogP contribution in [-0.2, 0) is 7.05 Å². The Labute approximate surface area is 77.3 Å². The van der Waals surface area contributed by atoms with Gasteiger partial charge in [-0.15, -0.1) is 5.10 Å². The molecule has 1 aromatic heterocycles. The smallest absolute Gasteiger partial charge is 0.267 e. The molecule has 1 heterocycles. The van der Waals surface area contributed by atoms with Crippen molar-refractivity contribution in [3.05, 3.63) is 14.3 Å². The first-order chi connectivity index (χ1) is 5.20. The molecule has 5 heteroatoms. The third-order valence-corrected chi connectivity index (χ3v) is 2.56. The highest BCUT2D eigenvalue weighted by Crippen LogP contribution is 2.34. The molecule has 1 saturated carbocycles. The van der Waals surface area contributed by atoms with E-state index in [1.807, 2.05) is 0 Å². The highest BCUT2D eigenvalue weighted by Gasteiger charge is 2.28. The van der Waals surface area contributed by atoms with Gasteiger partial charge in [0.25, 0.3) is 0 Å². The molecule has 1 aromatic rings. The van der Waals surface area contributed by atoms with Crippen LogP contribution in [0.3, 0.4) is 0 Å². The number of aromatic nitrogens is 3. The van der Waals surface area contributed by atoms with Crippen molar-refractivity contribution >= 4 is 22.6 Å². The minimum Gasteiger partial charge on any atom is -0.267 e. The van der Waals surface area contributed by atoms with E-state index >= 15 is 0 Å². The zero-order chi connectivity index (χ0) is 8.01. The topological polar surface area (TPSA) is 39.8 Å². The van der Waals surface area contributed by atoms with Gasteiger partial charge >= 0.3 is 5.69 Å². The van der Waals surface area contributed by atoms with Gasteiger partial charge in [0.15, 0.2) is 3.83 Å². The monoisotopic (exact) mass is 265 g/mol. The van der Waals surface area contributed by atoms with Crippen molar-refractivity contribution in [2.45, 2.75) is 18.9 Å². The second-order valence-corrected chi connectivity index (χ2v) is 3.74. The summed E-state index contributed by atoms with van der Waals surface area (Å²) in [6, 6.07) is 0.433. The second kappa shape index (κ2) is 2.33. The van der Waals surface area contributed by atoms with Gasteiger partial charge in [0.2, 0.25) is 0 Å². The molecule has 0 aromatic carbocycles. The average molecular weight is 265 g/mol. The molecule has 0 atom stereocenters. The highest BCUT2D eigenvalue weighted by atomic mass is 127. The van der Waals surface area contributed by atoms with Crippen LogP contribution < -0.4 is 5.69 Å². The summed E-state index contributed by atoms with van der Waals surface area (Å²) in [6.07, 6.45) is 2.25. The highest BCUT2D eigenvalue weighted by molar-refractivity contribution is 14.1. The van der Waals surface area contributed by atoms with E-state index in [1.54, 1.807) is 11.6 Å². The zero-order valence-electron chi connectivity index (χ0n) is 6.12. The summed E-state index contributed by atoms with van der Waals surface area (Å²) < 4.78 is 3.96. The number of hydrogen-bond donors (Lipinski definition) is 0. The van der Waals surface area contributed by atoms with Gasteiger partial charge in [-0.2, -0.15) is 0 Å². The van der Waals surface area contributed by atoms with Gasteiger partial charge in [-0.3, -0.25) is 4.57 Å². The summed E-state index contributed by atoms with van der Waals surface area (Å²) in [5, 5.41) is 4.03. The largest absolute Gasteiger partial charge is 0.346 e. The van der Waals surface area contributed by atoms with E-state index in [0.29, 0.717) is 6.04 Å². The maximum absolute atomic E-state index is 11.3. The molecule has 11 heavy (non-hydrogen) atoms. The average Bonchev–Trinajstić information content (AvgIpc) is 2.68. The first-order valence-corrected chi connectivity index (χ1v) is 4.59. The molecule has 60 valence electrons. The van der Waals surface area contributed by atoms with E-state index < -0.39 is 0 Å². The summed E-state index contributed by atoms with van der Waals surface area (Å²) in [5.74, 6) is 0. The summed E-state index contributed by atoms with van der Waals surface area (Å²) in [7, 11) is 1.68. The quantitative estimate of drug-likeness (QED) is 0.694. The van der Waals surface area contributed by atoms with Crippen molar-refractivity contribution in [2.24, 2.45) is 7.05 Å². The standard InChI is InChI=1S/C6H8IN3O/c1-9-6(11)10(4-2-3-4)5(7)8-9/h4H,2-3H2,1H3. The molecule has 1 aliphatic rings. The Balaban J connectivity index is 2.59. The molecular weight excluding hydrogens is 257 g/mol. The van der Waals surface area contributed by atoms with E-state index in [0.717, 1.165) is 16.7 Å². The Hall–Kier alpha value is -0.330. The van der Waals surface area contributed by atoms with Crippen molar-refractivity contribution in [3.8, 4) is 0 Å². The first-order valence-electron chi connectivity index (χ1n) is 3.51. The van der Waals surface area contributed by atoms with Gasteiger partial charge in [0, 0.05) is 35.7 Å². The fourth-order valence-electron chi connectivity index (χ4n) is 1.09. The Morgan fingerprint density at radius 1 is 1.64 bits per heavy atom. The van der Waals surface area contributed by atoms with Crippen LogP contribution in [0.25, 0.3) is 0 Å². The van der Waals surface area contributed by atoms with Crippen LogP contribution >= 0.6 is 22.6 Å². The Bertz CT molecular complexity index is 336. The lowest BCUT2D eigenvalue weighted by Gasteiger charge is -1.93. The first kappa shape index (κ1) is 7.33. The van der Waals surface area contributed by atoms with E-state index in [2.05, 4.69) is 27.7 Å². The summed E-state index contributed by atoms with van der Waals surface area (Å²) in [5.41, 5.74) is 0.0110. The van der Waals surface area contributed by atoms with Crippen LogP contribution in [0.4, 0.5) is 0 Å². The van der Waals surface area contributed by atoms with E-state index in [4.69, 9.17) is 0 Å². The molecule has 0 radical (unpaired) electrons. The third kappa shape index (κ3) is 1.11. The van der Waals surface area contributed by atoms with Crippen LogP contribution in [-0.4, -0.2) is 14.3 Å². The third-order valence-electron chi connectivity index (χ3n) is 1.83. The lowest BCUT2D eigenvalue weighted by molar-refractivity contribution is 0.661. The molecule has 0 bridgehead atoms. The summed E-state index contributed by atoms with van der Waals surface area (Å²) in [6.45, 7) is 0. The number of hydrogen-bond acceptors (Lipinski definition) is 2. The van der Waals surface area contributed by atoms with Crippen molar-refractivity contribution < 1.29 is 0 Å². The van der Waals surface area contributed by atoms with Crippen molar-refractivity contribution in [1.29, 1.82) is 0 Å². The molecule has 2 rings (SSSR count).